The van der Waals surface area contributed by atoms with E-state index in [0.717, 1.165) is 56.8 Å². The minimum Gasteiger partial charge on any atom is -0.290 e. The summed E-state index contributed by atoms with van der Waals surface area (Å²) < 4.78 is 6.38. The highest BCUT2D eigenvalue weighted by atomic mass is 15.2. The van der Waals surface area contributed by atoms with Gasteiger partial charge in [-0.25, -0.2) is 19.9 Å². The normalized spacial score (nSPS) is 11.8. The van der Waals surface area contributed by atoms with Crippen LogP contribution in [0.3, 0.4) is 0 Å². The molecule has 7 nitrogen and oxygen atoms in total. The molecule has 0 aliphatic rings. The molecule has 1 aromatic carbocycles. The Bertz CT molecular complexity index is 1370. The van der Waals surface area contributed by atoms with Crippen LogP contribution in [0.4, 0.5) is 0 Å². The first-order valence-corrected chi connectivity index (χ1v) is 9.26. The Balaban J connectivity index is 1.80. The van der Waals surface area contributed by atoms with Gasteiger partial charge in [0, 0.05) is 18.1 Å². The van der Waals surface area contributed by atoms with Gasteiger partial charge in [0.05, 0.1) is 22.8 Å². The molecule has 140 valence electrons. The zero-order valence-corrected chi connectivity index (χ0v) is 16.6. The summed E-state index contributed by atoms with van der Waals surface area (Å²) in [6.45, 7) is 10.2. The van der Waals surface area contributed by atoms with Crippen LogP contribution in [-0.4, -0.2) is 33.5 Å². The Morgan fingerprint density at radius 3 is 2.36 bits per heavy atom. The SMILES string of the molecule is Cc1cn2cc(C)n(-c3cccc(-n4c(C)nc5c(C)ncnc54)c3C)c2n1. The van der Waals surface area contributed by atoms with Crippen molar-refractivity contribution in [2.24, 2.45) is 0 Å². The van der Waals surface area contributed by atoms with Crippen LogP contribution in [0.5, 0.6) is 0 Å². The molecule has 0 radical (unpaired) electrons. The maximum absolute atomic E-state index is 4.71. The third-order valence-corrected chi connectivity index (χ3v) is 5.27. The number of nitrogens with zero attached hydrogens (tertiary/aromatic N) is 7. The Morgan fingerprint density at radius 2 is 1.57 bits per heavy atom. The first-order valence-electron chi connectivity index (χ1n) is 9.26. The van der Waals surface area contributed by atoms with E-state index >= 15 is 0 Å². The molecule has 0 bridgehead atoms. The van der Waals surface area contributed by atoms with Gasteiger partial charge in [0.25, 0.3) is 0 Å². The van der Waals surface area contributed by atoms with E-state index in [0.29, 0.717) is 0 Å². The lowest BCUT2D eigenvalue weighted by atomic mass is 10.1. The van der Waals surface area contributed by atoms with E-state index in [1.54, 1.807) is 6.33 Å². The maximum atomic E-state index is 4.71. The number of hydrogen-bond donors (Lipinski definition) is 0. The Morgan fingerprint density at radius 1 is 0.821 bits per heavy atom. The Labute approximate surface area is 162 Å². The molecule has 4 aromatic heterocycles. The van der Waals surface area contributed by atoms with Gasteiger partial charge in [-0.15, -0.1) is 0 Å². The quantitative estimate of drug-likeness (QED) is 0.473. The van der Waals surface area contributed by atoms with Crippen LogP contribution in [-0.2, 0) is 0 Å². The van der Waals surface area contributed by atoms with Gasteiger partial charge in [0.1, 0.15) is 17.7 Å². The van der Waals surface area contributed by atoms with Crippen molar-refractivity contribution in [3.8, 4) is 11.4 Å². The molecule has 0 amide bonds. The van der Waals surface area contributed by atoms with Crippen molar-refractivity contribution in [3.05, 3.63) is 65.4 Å². The van der Waals surface area contributed by atoms with Crippen LogP contribution in [0.1, 0.15) is 28.5 Å². The van der Waals surface area contributed by atoms with Crippen molar-refractivity contribution in [2.45, 2.75) is 34.6 Å². The third-order valence-electron chi connectivity index (χ3n) is 5.27. The number of benzene rings is 1. The van der Waals surface area contributed by atoms with Gasteiger partial charge in [-0.1, -0.05) is 6.07 Å². The van der Waals surface area contributed by atoms with Crippen LogP contribution in [0.25, 0.3) is 28.3 Å². The monoisotopic (exact) mass is 371 g/mol. The molecule has 0 saturated carbocycles. The van der Waals surface area contributed by atoms with Crippen molar-refractivity contribution < 1.29 is 0 Å². The molecule has 4 heterocycles. The second-order valence-corrected chi connectivity index (χ2v) is 7.24. The summed E-state index contributed by atoms with van der Waals surface area (Å²) in [5, 5.41) is 0. The molecule has 0 atom stereocenters. The average molecular weight is 371 g/mol. The van der Waals surface area contributed by atoms with E-state index in [1.165, 1.54) is 0 Å². The fourth-order valence-electron chi connectivity index (χ4n) is 3.98. The van der Waals surface area contributed by atoms with Gasteiger partial charge in [0.2, 0.25) is 5.78 Å². The molecular weight excluding hydrogens is 350 g/mol. The smallest absolute Gasteiger partial charge is 0.219 e. The number of fused-ring (bicyclic) bond motifs is 2. The van der Waals surface area contributed by atoms with Crippen molar-refractivity contribution >= 4 is 16.9 Å². The summed E-state index contributed by atoms with van der Waals surface area (Å²) in [5.41, 5.74) is 7.99. The minimum atomic E-state index is 0.830. The summed E-state index contributed by atoms with van der Waals surface area (Å²) >= 11 is 0. The molecule has 0 spiro atoms. The van der Waals surface area contributed by atoms with Crippen molar-refractivity contribution in [2.75, 3.05) is 0 Å². The molecule has 5 aromatic rings. The summed E-state index contributed by atoms with van der Waals surface area (Å²) in [4.78, 5) is 18.2. The van der Waals surface area contributed by atoms with E-state index in [1.807, 2.05) is 27.0 Å². The zero-order chi connectivity index (χ0) is 19.6. The molecule has 0 unspecified atom stereocenters. The van der Waals surface area contributed by atoms with Crippen molar-refractivity contribution in [1.29, 1.82) is 0 Å². The molecule has 0 N–H and O–H groups in total. The predicted octanol–water partition coefficient (Wildman–Crippen LogP) is 3.80. The standard InChI is InChI=1S/C21H21N7/c1-12-9-26-10-13(2)27(21(26)24-12)17-7-6-8-18(14(17)3)28-16(5)25-19-15(4)22-11-23-20(19)28/h6-11H,1-5H3. The molecule has 7 heteroatoms. The number of aromatic nitrogens is 7. The van der Waals surface area contributed by atoms with Gasteiger partial charge >= 0.3 is 0 Å². The number of hydrogen-bond acceptors (Lipinski definition) is 4. The predicted molar refractivity (Wildman–Crippen MR) is 108 cm³/mol. The fraction of sp³-hybridized carbons (Fsp3) is 0.238. The van der Waals surface area contributed by atoms with E-state index in [2.05, 4.69) is 61.7 Å². The molecule has 0 fully saturated rings. The van der Waals surface area contributed by atoms with Crippen LogP contribution < -0.4 is 0 Å². The van der Waals surface area contributed by atoms with Crippen LogP contribution >= 0.6 is 0 Å². The lowest BCUT2D eigenvalue weighted by Gasteiger charge is -2.15. The number of aryl methyl sites for hydroxylation is 4. The highest BCUT2D eigenvalue weighted by molar-refractivity contribution is 5.77. The highest BCUT2D eigenvalue weighted by Crippen LogP contribution is 2.28. The third kappa shape index (κ3) is 2.22. The second kappa shape index (κ2) is 5.76. The maximum Gasteiger partial charge on any atom is 0.219 e. The van der Waals surface area contributed by atoms with Crippen LogP contribution in [0.15, 0.2) is 36.9 Å². The highest BCUT2D eigenvalue weighted by Gasteiger charge is 2.18. The van der Waals surface area contributed by atoms with Crippen molar-refractivity contribution in [1.82, 2.24) is 33.5 Å². The summed E-state index contributed by atoms with van der Waals surface area (Å²) in [6.07, 6.45) is 5.75. The zero-order valence-electron chi connectivity index (χ0n) is 16.6. The van der Waals surface area contributed by atoms with Gasteiger partial charge in [-0.3, -0.25) is 13.5 Å². The van der Waals surface area contributed by atoms with Gasteiger partial charge < -0.3 is 0 Å². The topological polar surface area (TPSA) is 65.8 Å². The van der Waals surface area contributed by atoms with Gasteiger partial charge in [0.15, 0.2) is 5.65 Å². The van der Waals surface area contributed by atoms with Crippen LogP contribution in [0.2, 0.25) is 0 Å². The molecular formula is C21H21N7. The lowest BCUT2D eigenvalue weighted by molar-refractivity contribution is 0.954. The van der Waals surface area contributed by atoms with Gasteiger partial charge in [-0.2, -0.15) is 0 Å². The van der Waals surface area contributed by atoms with E-state index < -0.39 is 0 Å². The first-order chi connectivity index (χ1) is 13.5. The second-order valence-electron chi connectivity index (χ2n) is 7.24. The summed E-state index contributed by atoms with van der Waals surface area (Å²) in [5.74, 6) is 1.81. The first kappa shape index (κ1) is 16.7. The summed E-state index contributed by atoms with van der Waals surface area (Å²) in [6, 6.07) is 6.31. The largest absolute Gasteiger partial charge is 0.290 e. The van der Waals surface area contributed by atoms with E-state index in [-0.39, 0.29) is 0 Å². The molecule has 0 aliphatic carbocycles. The minimum absolute atomic E-state index is 0.830. The lowest BCUT2D eigenvalue weighted by Crippen LogP contribution is -2.06. The Kier molecular flexibility index (Phi) is 3.43. The molecule has 5 rings (SSSR count). The van der Waals surface area contributed by atoms with Crippen molar-refractivity contribution in [3.63, 3.8) is 0 Å². The fourth-order valence-corrected chi connectivity index (χ4v) is 3.98. The summed E-state index contributed by atoms with van der Waals surface area (Å²) in [7, 11) is 0. The Hall–Kier alpha value is -3.48. The number of rotatable bonds is 2. The molecule has 0 aliphatic heterocycles. The molecule has 28 heavy (non-hydrogen) atoms. The van der Waals surface area contributed by atoms with E-state index in [4.69, 9.17) is 9.97 Å². The molecule has 0 saturated heterocycles. The van der Waals surface area contributed by atoms with Crippen LogP contribution in [0, 0.1) is 34.6 Å². The average Bonchev–Trinajstić information content (AvgIpc) is 3.26. The number of imidazole rings is 3. The van der Waals surface area contributed by atoms with E-state index in [9.17, 15) is 0 Å². The van der Waals surface area contributed by atoms with Gasteiger partial charge in [-0.05, 0) is 52.3 Å².